The second kappa shape index (κ2) is 4.76. The summed E-state index contributed by atoms with van der Waals surface area (Å²) in [6, 6.07) is -0.211. The molecule has 0 aliphatic rings. The van der Waals surface area contributed by atoms with Crippen LogP contribution < -0.4 is 27.3 Å². The number of fused-ring (bicyclic) bond motifs is 2. The summed E-state index contributed by atoms with van der Waals surface area (Å²) in [5, 5.41) is 0. The molecule has 4 aromatic heterocycles. The Morgan fingerprint density at radius 1 is 0.920 bits per heavy atom. The predicted octanol–water partition coefficient (Wildman–Crippen LogP) is -1.82. The summed E-state index contributed by atoms with van der Waals surface area (Å²) in [7, 11) is 1.25. The van der Waals surface area contributed by atoms with Crippen LogP contribution in [0.3, 0.4) is 0 Å². The molecule has 0 spiro atoms. The first-order chi connectivity index (χ1) is 11.9. The van der Waals surface area contributed by atoms with Crippen molar-refractivity contribution in [3.05, 3.63) is 26.8 Å². The van der Waals surface area contributed by atoms with Crippen LogP contribution in [0.5, 0.6) is 6.01 Å². The third kappa shape index (κ3) is 1.93. The number of nitrogens with two attached hydrogens (primary N) is 2. The maximum absolute atomic E-state index is 14.5. The van der Waals surface area contributed by atoms with Crippen LogP contribution >= 0.6 is 0 Å². The minimum atomic E-state index is -1.13. The lowest BCUT2D eigenvalue weighted by Crippen LogP contribution is -2.18. The lowest BCUT2D eigenvalue weighted by Gasteiger charge is -2.09. The molecule has 0 aliphatic carbocycles. The third-order valence-corrected chi connectivity index (χ3v) is 3.34. The first-order valence-corrected chi connectivity index (χ1v) is 6.67. The van der Waals surface area contributed by atoms with Crippen molar-refractivity contribution in [3.8, 4) is 6.01 Å². The van der Waals surface area contributed by atoms with E-state index < -0.39 is 17.2 Å². The van der Waals surface area contributed by atoms with E-state index in [9.17, 15) is 14.0 Å². The average Bonchev–Trinajstić information content (AvgIpc) is 3.04. The second-order valence-corrected chi connectivity index (χ2v) is 4.85. The van der Waals surface area contributed by atoms with Crippen LogP contribution in [0.25, 0.3) is 22.3 Å². The van der Waals surface area contributed by atoms with Gasteiger partial charge in [-0.3, -0.25) is 19.6 Å². The Bertz CT molecular complexity index is 1270. The molecule has 0 amide bonds. The van der Waals surface area contributed by atoms with Crippen LogP contribution in [0.1, 0.15) is 0 Å². The van der Waals surface area contributed by atoms with Gasteiger partial charge in [0.25, 0.3) is 11.1 Å². The van der Waals surface area contributed by atoms with Crippen LogP contribution in [-0.2, 0) is 0 Å². The summed E-state index contributed by atoms with van der Waals surface area (Å²) < 4.78 is 21.3. The number of aromatic nitrogens is 8. The standard InChI is InChI=1S/C11H9FN10O3/c1-25-11-16-3-5(18-10(14)20-7(3)24)22(11)21-4-2(15-8(21)12)6(23)19-9(13)17-4/h1H3,(H3,13,17,19,23)(H3,14,18,20,24). The van der Waals surface area contributed by atoms with E-state index in [-0.39, 0.29) is 40.2 Å². The Hall–Kier alpha value is -3.97. The van der Waals surface area contributed by atoms with E-state index >= 15 is 0 Å². The van der Waals surface area contributed by atoms with Gasteiger partial charge in [0.1, 0.15) is 0 Å². The highest BCUT2D eigenvalue weighted by atomic mass is 19.1. The van der Waals surface area contributed by atoms with Crippen molar-refractivity contribution in [1.82, 2.24) is 39.3 Å². The molecule has 4 heterocycles. The first kappa shape index (κ1) is 14.6. The summed E-state index contributed by atoms with van der Waals surface area (Å²) in [6.45, 7) is 0. The lowest BCUT2D eigenvalue weighted by atomic mass is 10.5. The summed E-state index contributed by atoms with van der Waals surface area (Å²) >= 11 is 0. The molecule has 25 heavy (non-hydrogen) atoms. The number of nitrogens with one attached hydrogen (secondary N) is 2. The summed E-state index contributed by atoms with van der Waals surface area (Å²) in [6.07, 6.45) is -1.13. The molecule has 128 valence electrons. The number of anilines is 2. The molecule has 0 bridgehead atoms. The molecule has 4 rings (SSSR count). The maximum atomic E-state index is 14.5. The van der Waals surface area contributed by atoms with Crippen molar-refractivity contribution >= 4 is 34.2 Å². The number of methoxy groups -OCH3 is 1. The molecule has 0 unspecified atom stereocenters. The Kier molecular flexibility index (Phi) is 2.78. The number of H-pyrrole nitrogens is 2. The number of hydrogen-bond donors (Lipinski definition) is 4. The Morgan fingerprint density at radius 3 is 2.00 bits per heavy atom. The SMILES string of the molecule is COc1nc2c(=O)[nH]c(N)nc2n1-n1c(F)nc2c(=O)[nH]c(N)nc21. The molecule has 0 aliphatic heterocycles. The number of hydrogen-bond acceptors (Lipinski definition) is 9. The second-order valence-electron chi connectivity index (χ2n) is 4.85. The largest absolute Gasteiger partial charge is 0.467 e. The zero-order valence-corrected chi connectivity index (χ0v) is 12.4. The van der Waals surface area contributed by atoms with Gasteiger partial charge in [0.15, 0.2) is 22.3 Å². The molecule has 0 saturated heterocycles. The van der Waals surface area contributed by atoms with Gasteiger partial charge in [-0.1, -0.05) is 0 Å². The summed E-state index contributed by atoms with van der Waals surface area (Å²) in [5.74, 6) is -0.483. The van der Waals surface area contributed by atoms with Gasteiger partial charge >= 0.3 is 12.1 Å². The van der Waals surface area contributed by atoms with E-state index in [1.807, 2.05) is 0 Å². The van der Waals surface area contributed by atoms with Crippen molar-refractivity contribution in [3.63, 3.8) is 0 Å². The van der Waals surface area contributed by atoms with Gasteiger partial charge < -0.3 is 16.2 Å². The highest BCUT2D eigenvalue weighted by molar-refractivity contribution is 5.75. The van der Waals surface area contributed by atoms with Gasteiger partial charge in [0, 0.05) is 0 Å². The topological polar surface area (TPSA) is 188 Å². The predicted molar refractivity (Wildman–Crippen MR) is 82.4 cm³/mol. The van der Waals surface area contributed by atoms with E-state index in [1.165, 1.54) is 7.11 Å². The van der Waals surface area contributed by atoms with Crippen LogP contribution in [0.2, 0.25) is 0 Å². The maximum Gasteiger partial charge on any atom is 0.319 e. The molecule has 0 aromatic carbocycles. The summed E-state index contributed by atoms with van der Waals surface area (Å²) in [4.78, 5) is 43.6. The van der Waals surface area contributed by atoms with Gasteiger partial charge in [-0.05, 0) is 0 Å². The quantitative estimate of drug-likeness (QED) is 0.302. The lowest BCUT2D eigenvalue weighted by molar-refractivity contribution is 0.339. The normalized spacial score (nSPS) is 11.4. The van der Waals surface area contributed by atoms with Gasteiger partial charge in [0.05, 0.1) is 7.11 Å². The monoisotopic (exact) mass is 348 g/mol. The molecular weight excluding hydrogens is 339 g/mol. The zero-order chi connectivity index (χ0) is 17.9. The first-order valence-electron chi connectivity index (χ1n) is 6.67. The van der Waals surface area contributed by atoms with Gasteiger partial charge in [-0.15, -0.1) is 0 Å². The smallest absolute Gasteiger partial charge is 0.319 e. The molecule has 0 fully saturated rings. The third-order valence-electron chi connectivity index (χ3n) is 3.34. The van der Waals surface area contributed by atoms with Gasteiger partial charge in [0.2, 0.25) is 11.9 Å². The molecule has 13 nitrogen and oxygen atoms in total. The van der Waals surface area contributed by atoms with E-state index in [2.05, 4.69) is 29.9 Å². The minimum Gasteiger partial charge on any atom is -0.467 e. The number of nitrogens with zero attached hydrogens (tertiary/aromatic N) is 6. The molecule has 0 atom stereocenters. The molecule has 0 radical (unpaired) electrons. The number of ether oxygens (including phenoxy) is 1. The molecule has 6 N–H and O–H groups in total. The highest BCUT2D eigenvalue weighted by Gasteiger charge is 2.24. The average molecular weight is 348 g/mol. The van der Waals surface area contributed by atoms with E-state index in [4.69, 9.17) is 16.2 Å². The Morgan fingerprint density at radius 2 is 1.44 bits per heavy atom. The van der Waals surface area contributed by atoms with Crippen LogP contribution in [0.15, 0.2) is 9.59 Å². The number of rotatable bonds is 2. The van der Waals surface area contributed by atoms with Gasteiger partial charge in [-0.2, -0.15) is 33.7 Å². The number of nitrogen functional groups attached to an aromatic ring is 2. The molecule has 4 aromatic rings. The fraction of sp³-hybridized carbons (Fsp3) is 0.0909. The van der Waals surface area contributed by atoms with Crippen molar-refractivity contribution in [1.29, 1.82) is 0 Å². The van der Waals surface area contributed by atoms with Crippen molar-refractivity contribution in [2.75, 3.05) is 18.6 Å². The Labute approximate surface area is 135 Å². The Balaban J connectivity index is 2.23. The molecule has 14 heteroatoms. The fourth-order valence-electron chi connectivity index (χ4n) is 2.39. The van der Waals surface area contributed by atoms with Crippen LogP contribution in [-0.4, -0.2) is 46.4 Å². The van der Waals surface area contributed by atoms with Crippen molar-refractivity contribution < 1.29 is 9.13 Å². The highest BCUT2D eigenvalue weighted by Crippen LogP contribution is 2.21. The minimum absolute atomic E-state index is 0.128. The number of halogens is 1. The number of imidazole rings is 2. The van der Waals surface area contributed by atoms with E-state index in [0.29, 0.717) is 0 Å². The van der Waals surface area contributed by atoms with E-state index in [0.717, 1.165) is 9.35 Å². The fourth-order valence-corrected chi connectivity index (χ4v) is 2.39. The zero-order valence-electron chi connectivity index (χ0n) is 12.4. The number of aromatic amines is 2. The van der Waals surface area contributed by atoms with Crippen molar-refractivity contribution in [2.24, 2.45) is 0 Å². The molecule has 0 saturated carbocycles. The van der Waals surface area contributed by atoms with Crippen molar-refractivity contribution in [2.45, 2.75) is 0 Å². The van der Waals surface area contributed by atoms with Gasteiger partial charge in [-0.25, -0.2) is 0 Å². The van der Waals surface area contributed by atoms with Crippen LogP contribution in [0, 0.1) is 6.08 Å². The molecular formula is C11H9FN10O3. The van der Waals surface area contributed by atoms with Crippen LogP contribution in [0.4, 0.5) is 16.3 Å². The van der Waals surface area contributed by atoms with E-state index in [1.54, 1.807) is 0 Å². The summed E-state index contributed by atoms with van der Waals surface area (Å²) in [5.41, 5.74) is 8.82.